The molecule has 1 amide bonds. The van der Waals surface area contributed by atoms with Gasteiger partial charge in [-0.25, -0.2) is 0 Å². The van der Waals surface area contributed by atoms with Gasteiger partial charge in [0.15, 0.2) is 0 Å². The Labute approximate surface area is 175 Å². The molecule has 0 saturated heterocycles. The number of carbonyl (C=O) groups excluding carboxylic acids is 1. The second-order valence-electron chi connectivity index (χ2n) is 6.91. The summed E-state index contributed by atoms with van der Waals surface area (Å²) < 4.78 is 0. The molecule has 0 bridgehead atoms. The smallest absolute Gasteiger partial charge is 0.255 e. The molecule has 0 spiro atoms. The molecule has 1 aromatic heterocycles. The summed E-state index contributed by atoms with van der Waals surface area (Å²) in [6.45, 7) is 0.666. The minimum Gasteiger partial charge on any atom is -0.397 e. The van der Waals surface area contributed by atoms with Gasteiger partial charge in [0.1, 0.15) is 0 Å². The zero-order chi connectivity index (χ0) is 20.8. The van der Waals surface area contributed by atoms with Gasteiger partial charge in [-0.05, 0) is 59.2 Å². The summed E-state index contributed by atoms with van der Waals surface area (Å²) in [6.07, 6.45) is 3.62. The number of aromatic nitrogens is 1. The average Bonchev–Trinajstić information content (AvgIpc) is 2.80. The lowest BCUT2D eigenvalue weighted by Crippen LogP contribution is -2.13. The van der Waals surface area contributed by atoms with Gasteiger partial charge in [0, 0.05) is 30.2 Å². The maximum atomic E-state index is 12.4. The molecule has 0 radical (unpaired) electrons. The van der Waals surface area contributed by atoms with E-state index in [1.807, 2.05) is 54.7 Å². The summed E-state index contributed by atoms with van der Waals surface area (Å²) in [6, 6.07) is 26.9. The normalized spacial score (nSPS) is 10.4. The Kier molecular flexibility index (Phi) is 5.71. The maximum Gasteiger partial charge on any atom is 0.255 e. The number of rotatable bonds is 6. The fourth-order valence-corrected chi connectivity index (χ4v) is 3.10. The lowest BCUT2D eigenvalue weighted by Gasteiger charge is -2.10. The van der Waals surface area contributed by atoms with Crippen molar-refractivity contribution in [3.8, 4) is 11.1 Å². The third kappa shape index (κ3) is 4.64. The summed E-state index contributed by atoms with van der Waals surface area (Å²) in [7, 11) is 0. The van der Waals surface area contributed by atoms with Crippen molar-refractivity contribution in [1.29, 1.82) is 0 Å². The van der Waals surface area contributed by atoms with E-state index in [9.17, 15) is 4.79 Å². The number of benzene rings is 3. The molecule has 0 unspecified atom stereocenters. The van der Waals surface area contributed by atoms with Crippen LogP contribution in [-0.2, 0) is 6.54 Å². The summed E-state index contributed by atoms with van der Waals surface area (Å²) in [4.78, 5) is 16.6. The average molecular weight is 394 g/mol. The number of anilines is 3. The third-order valence-corrected chi connectivity index (χ3v) is 4.80. The van der Waals surface area contributed by atoms with Crippen LogP contribution in [0.2, 0.25) is 0 Å². The Morgan fingerprint density at radius 2 is 1.60 bits per heavy atom. The molecule has 0 aliphatic carbocycles. The van der Waals surface area contributed by atoms with Crippen molar-refractivity contribution in [1.82, 2.24) is 4.98 Å². The molecule has 0 atom stereocenters. The van der Waals surface area contributed by atoms with E-state index >= 15 is 0 Å². The lowest BCUT2D eigenvalue weighted by atomic mass is 10.1. The number of nitrogen functional groups attached to an aromatic ring is 1. The quantitative estimate of drug-likeness (QED) is 0.393. The van der Waals surface area contributed by atoms with Gasteiger partial charge in [-0.3, -0.25) is 9.78 Å². The highest BCUT2D eigenvalue weighted by atomic mass is 16.1. The standard InChI is InChI=1S/C25H22N4O/c26-23-5-1-2-6-24(23)29-25(30)20-9-7-18(8-10-20)16-28-22-13-11-19(12-14-22)21-4-3-15-27-17-21/h1-15,17,28H,16,26H2,(H,29,30). The van der Waals surface area contributed by atoms with Crippen LogP contribution in [0.4, 0.5) is 17.1 Å². The second kappa shape index (κ2) is 8.92. The number of nitrogens with two attached hydrogens (primary N) is 1. The Balaban J connectivity index is 1.34. The summed E-state index contributed by atoms with van der Waals surface area (Å²) in [5, 5.41) is 6.24. The highest BCUT2D eigenvalue weighted by molar-refractivity contribution is 6.05. The fourth-order valence-electron chi connectivity index (χ4n) is 3.10. The predicted molar refractivity (Wildman–Crippen MR) is 122 cm³/mol. The summed E-state index contributed by atoms with van der Waals surface area (Å²) in [5.41, 5.74) is 12.0. The van der Waals surface area contributed by atoms with Crippen LogP contribution in [0, 0.1) is 0 Å². The first-order chi connectivity index (χ1) is 14.7. The highest BCUT2D eigenvalue weighted by Crippen LogP contribution is 2.21. The number of nitrogens with one attached hydrogen (secondary N) is 2. The zero-order valence-corrected chi connectivity index (χ0v) is 16.4. The Morgan fingerprint density at radius 3 is 2.30 bits per heavy atom. The molecule has 0 fully saturated rings. The number of para-hydroxylation sites is 2. The van der Waals surface area contributed by atoms with Gasteiger partial charge in [-0.1, -0.05) is 42.5 Å². The molecular weight excluding hydrogens is 372 g/mol. The van der Waals surface area contributed by atoms with Crippen LogP contribution in [0.3, 0.4) is 0 Å². The molecule has 3 aromatic carbocycles. The first-order valence-electron chi connectivity index (χ1n) is 9.68. The van der Waals surface area contributed by atoms with E-state index in [0.717, 1.165) is 22.4 Å². The number of nitrogens with zero attached hydrogens (tertiary/aromatic N) is 1. The number of hydrogen-bond donors (Lipinski definition) is 3. The first-order valence-corrected chi connectivity index (χ1v) is 9.68. The van der Waals surface area contributed by atoms with Crippen LogP contribution < -0.4 is 16.4 Å². The van der Waals surface area contributed by atoms with E-state index in [0.29, 0.717) is 23.5 Å². The van der Waals surface area contributed by atoms with Gasteiger partial charge < -0.3 is 16.4 Å². The van der Waals surface area contributed by atoms with Crippen molar-refractivity contribution < 1.29 is 4.79 Å². The van der Waals surface area contributed by atoms with Gasteiger partial charge in [0.25, 0.3) is 5.91 Å². The van der Waals surface area contributed by atoms with Crippen LogP contribution in [0.5, 0.6) is 0 Å². The van der Waals surface area contributed by atoms with Crippen molar-refractivity contribution in [2.75, 3.05) is 16.4 Å². The van der Waals surface area contributed by atoms with Crippen molar-refractivity contribution in [3.05, 3.63) is 108 Å². The fraction of sp³-hybridized carbons (Fsp3) is 0.0400. The topological polar surface area (TPSA) is 80.0 Å². The van der Waals surface area contributed by atoms with Crippen LogP contribution in [0.15, 0.2) is 97.3 Å². The number of hydrogen-bond acceptors (Lipinski definition) is 4. The van der Waals surface area contributed by atoms with Crippen molar-refractivity contribution in [2.45, 2.75) is 6.54 Å². The molecule has 30 heavy (non-hydrogen) atoms. The van der Waals surface area contributed by atoms with E-state index in [4.69, 9.17) is 5.73 Å². The molecule has 5 nitrogen and oxygen atoms in total. The van der Waals surface area contributed by atoms with Crippen molar-refractivity contribution in [3.63, 3.8) is 0 Å². The van der Waals surface area contributed by atoms with E-state index in [2.05, 4.69) is 39.9 Å². The molecule has 4 rings (SSSR count). The molecule has 4 N–H and O–H groups in total. The summed E-state index contributed by atoms with van der Waals surface area (Å²) in [5.74, 6) is -0.182. The molecule has 4 aromatic rings. The number of amides is 1. The molecule has 0 aliphatic heterocycles. The van der Waals surface area contributed by atoms with E-state index in [-0.39, 0.29) is 5.91 Å². The third-order valence-electron chi connectivity index (χ3n) is 4.80. The zero-order valence-electron chi connectivity index (χ0n) is 16.4. The molecule has 148 valence electrons. The molecule has 1 heterocycles. The molecule has 5 heteroatoms. The van der Waals surface area contributed by atoms with Gasteiger partial charge in [-0.15, -0.1) is 0 Å². The monoisotopic (exact) mass is 394 g/mol. The number of pyridine rings is 1. The lowest BCUT2D eigenvalue weighted by molar-refractivity contribution is 0.102. The van der Waals surface area contributed by atoms with E-state index in [1.165, 1.54) is 0 Å². The van der Waals surface area contributed by atoms with E-state index < -0.39 is 0 Å². The Morgan fingerprint density at radius 1 is 0.833 bits per heavy atom. The van der Waals surface area contributed by atoms with Gasteiger partial charge in [0.2, 0.25) is 0 Å². The second-order valence-corrected chi connectivity index (χ2v) is 6.91. The van der Waals surface area contributed by atoms with Crippen LogP contribution in [0.25, 0.3) is 11.1 Å². The SMILES string of the molecule is Nc1ccccc1NC(=O)c1ccc(CNc2ccc(-c3cccnc3)cc2)cc1. The minimum absolute atomic E-state index is 0.182. The molecule has 0 aliphatic rings. The van der Waals surface area contributed by atoms with E-state index in [1.54, 1.807) is 18.3 Å². The maximum absolute atomic E-state index is 12.4. The summed E-state index contributed by atoms with van der Waals surface area (Å²) >= 11 is 0. The number of carbonyl (C=O) groups is 1. The largest absolute Gasteiger partial charge is 0.397 e. The molecular formula is C25H22N4O. The predicted octanol–water partition coefficient (Wildman–Crippen LogP) is 5.20. The Hall–Kier alpha value is -4.12. The van der Waals surface area contributed by atoms with Crippen LogP contribution >= 0.6 is 0 Å². The molecule has 0 saturated carbocycles. The van der Waals surface area contributed by atoms with Gasteiger partial charge in [-0.2, -0.15) is 0 Å². The minimum atomic E-state index is -0.182. The van der Waals surface area contributed by atoms with Crippen LogP contribution in [0.1, 0.15) is 15.9 Å². The van der Waals surface area contributed by atoms with Crippen molar-refractivity contribution >= 4 is 23.0 Å². The van der Waals surface area contributed by atoms with Crippen LogP contribution in [-0.4, -0.2) is 10.9 Å². The highest BCUT2D eigenvalue weighted by Gasteiger charge is 2.08. The van der Waals surface area contributed by atoms with Crippen molar-refractivity contribution in [2.24, 2.45) is 0 Å². The van der Waals surface area contributed by atoms with Gasteiger partial charge >= 0.3 is 0 Å². The Bertz CT molecular complexity index is 1120. The van der Waals surface area contributed by atoms with Gasteiger partial charge in [0.05, 0.1) is 11.4 Å². The first kappa shape index (κ1) is 19.2.